The van der Waals surface area contributed by atoms with Gasteiger partial charge in [0.2, 0.25) is 0 Å². The SMILES string of the molecule is C#CCC(C#N)(C/C(C)=C/c1ccccc1)c1ccccc1Sc1ccc(C)cc1. The Morgan fingerprint density at radius 2 is 1.67 bits per heavy atom. The summed E-state index contributed by atoms with van der Waals surface area (Å²) < 4.78 is 0. The second-order valence-corrected chi connectivity index (χ2v) is 8.68. The van der Waals surface area contributed by atoms with Crippen LogP contribution >= 0.6 is 11.8 Å². The Kier molecular flexibility index (Phi) is 7.18. The van der Waals surface area contributed by atoms with Gasteiger partial charge in [-0.05, 0) is 49.6 Å². The van der Waals surface area contributed by atoms with E-state index < -0.39 is 5.41 Å². The summed E-state index contributed by atoms with van der Waals surface area (Å²) in [5.41, 5.74) is 3.72. The van der Waals surface area contributed by atoms with Crippen LogP contribution in [0.1, 0.15) is 36.5 Å². The molecule has 0 aromatic heterocycles. The lowest BCUT2D eigenvalue weighted by atomic mass is 9.74. The molecule has 1 unspecified atom stereocenters. The molecule has 0 N–H and O–H groups in total. The van der Waals surface area contributed by atoms with Crippen LogP contribution in [-0.4, -0.2) is 0 Å². The fourth-order valence-electron chi connectivity index (χ4n) is 3.61. The Hall–Kier alpha value is -3.20. The Morgan fingerprint density at radius 1 is 1.00 bits per heavy atom. The molecule has 0 fully saturated rings. The van der Waals surface area contributed by atoms with Gasteiger partial charge in [-0.2, -0.15) is 5.26 Å². The van der Waals surface area contributed by atoms with Crippen LogP contribution in [0.3, 0.4) is 0 Å². The number of rotatable bonds is 7. The first kappa shape index (κ1) is 21.5. The van der Waals surface area contributed by atoms with Gasteiger partial charge < -0.3 is 0 Å². The molecule has 0 radical (unpaired) electrons. The van der Waals surface area contributed by atoms with Gasteiger partial charge in [-0.3, -0.25) is 0 Å². The summed E-state index contributed by atoms with van der Waals surface area (Å²) in [6, 6.07) is 29.4. The van der Waals surface area contributed by atoms with Crippen molar-refractivity contribution in [2.75, 3.05) is 0 Å². The van der Waals surface area contributed by atoms with Crippen LogP contribution < -0.4 is 0 Å². The summed E-state index contributed by atoms with van der Waals surface area (Å²) in [6.45, 7) is 4.16. The van der Waals surface area contributed by atoms with E-state index in [9.17, 15) is 5.26 Å². The van der Waals surface area contributed by atoms with Crippen LogP contribution in [0.25, 0.3) is 6.08 Å². The molecule has 2 heteroatoms. The van der Waals surface area contributed by atoms with Crippen LogP contribution in [0.5, 0.6) is 0 Å². The fraction of sp³-hybridized carbons (Fsp3) is 0.179. The second-order valence-electron chi connectivity index (χ2n) is 7.56. The molecule has 0 bridgehead atoms. The third kappa shape index (κ3) is 5.24. The van der Waals surface area contributed by atoms with Crippen molar-refractivity contribution in [3.8, 4) is 18.4 Å². The standard InChI is InChI=1S/C28H25NS/c1-4-18-28(21-29,20-23(3)19-24-10-6-5-7-11-24)26-12-8-9-13-27(26)30-25-16-14-22(2)15-17-25/h1,5-17,19H,18,20H2,2-3H3/b23-19+. The number of nitriles is 1. The Morgan fingerprint density at radius 3 is 2.33 bits per heavy atom. The second kappa shape index (κ2) is 10.0. The molecule has 0 saturated heterocycles. The van der Waals surface area contributed by atoms with Crippen molar-refractivity contribution >= 4 is 17.8 Å². The number of hydrogen-bond donors (Lipinski definition) is 0. The molecule has 0 spiro atoms. The lowest BCUT2D eigenvalue weighted by Crippen LogP contribution is -2.25. The zero-order valence-electron chi connectivity index (χ0n) is 17.4. The molecule has 3 aromatic rings. The minimum atomic E-state index is -0.765. The van der Waals surface area contributed by atoms with Crippen molar-refractivity contribution in [3.63, 3.8) is 0 Å². The predicted molar refractivity (Wildman–Crippen MR) is 127 cm³/mol. The Bertz CT molecular complexity index is 1100. The lowest BCUT2D eigenvalue weighted by molar-refractivity contribution is 0.550. The van der Waals surface area contributed by atoms with E-state index in [2.05, 4.69) is 74.4 Å². The van der Waals surface area contributed by atoms with Crippen molar-refractivity contribution in [2.24, 2.45) is 0 Å². The summed E-state index contributed by atoms with van der Waals surface area (Å²) in [6.07, 6.45) is 8.85. The molecule has 148 valence electrons. The van der Waals surface area contributed by atoms with Crippen molar-refractivity contribution in [2.45, 2.75) is 41.9 Å². The fourth-order valence-corrected chi connectivity index (χ4v) is 4.66. The molecule has 1 atom stereocenters. The Balaban J connectivity index is 1.99. The van der Waals surface area contributed by atoms with Gasteiger partial charge >= 0.3 is 0 Å². The molecular formula is C28H25NS. The quantitative estimate of drug-likeness (QED) is 0.380. The topological polar surface area (TPSA) is 23.8 Å². The van der Waals surface area contributed by atoms with Gasteiger partial charge in [0.1, 0.15) is 0 Å². The van der Waals surface area contributed by atoms with Crippen molar-refractivity contribution in [3.05, 3.63) is 101 Å². The number of hydrogen-bond acceptors (Lipinski definition) is 2. The van der Waals surface area contributed by atoms with Crippen LogP contribution in [0.4, 0.5) is 0 Å². The maximum absolute atomic E-state index is 10.3. The first-order valence-corrected chi connectivity index (χ1v) is 10.8. The molecule has 1 nitrogen and oxygen atoms in total. The molecule has 0 heterocycles. The summed E-state index contributed by atoms with van der Waals surface area (Å²) in [5, 5.41) is 10.3. The minimum absolute atomic E-state index is 0.370. The lowest BCUT2D eigenvalue weighted by Gasteiger charge is -2.28. The van der Waals surface area contributed by atoms with E-state index in [1.165, 1.54) is 5.56 Å². The highest BCUT2D eigenvalue weighted by atomic mass is 32.2. The highest BCUT2D eigenvalue weighted by Crippen LogP contribution is 2.41. The zero-order chi connectivity index (χ0) is 21.4. The number of aryl methyl sites for hydroxylation is 1. The number of allylic oxidation sites excluding steroid dienone is 1. The van der Waals surface area contributed by atoms with E-state index >= 15 is 0 Å². The molecular weight excluding hydrogens is 382 g/mol. The number of nitrogens with zero attached hydrogens (tertiary/aromatic N) is 1. The first-order chi connectivity index (χ1) is 14.6. The van der Waals surface area contributed by atoms with Crippen molar-refractivity contribution in [1.29, 1.82) is 5.26 Å². The van der Waals surface area contributed by atoms with Gasteiger partial charge in [0, 0.05) is 16.2 Å². The van der Waals surface area contributed by atoms with Crippen molar-refractivity contribution in [1.82, 2.24) is 0 Å². The van der Waals surface area contributed by atoms with Crippen LogP contribution in [0, 0.1) is 30.6 Å². The maximum Gasteiger partial charge on any atom is 0.0978 e. The smallest absolute Gasteiger partial charge is 0.0978 e. The number of terminal acetylenes is 1. The average Bonchev–Trinajstić information content (AvgIpc) is 2.76. The van der Waals surface area contributed by atoms with Gasteiger partial charge in [0.25, 0.3) is 0 Å². The van der Waals surface area contributed by atoms with Gasteiger partial charge in [-0.25, -0.2) is 0 Å². The first-order valence-electron chi connectivity index (χ1n) is 9.97. The third-order valence-corrected chi connectivity index (χ3v) is 6.15. The van der Waals surface area contributed by atoms with E-state index in [-0.39, 0.29) is 0 Å². The minimum Gasteiger partial charge on any atom is -0.197 e. The highest BCUT2D eigenvalue weighted by molar-refractivity contribution is 7.99. The zero-order valence-corrected chi connectivity index (χ0v) is 18.2. The van der Waals surface area contributed by atoms with E-state index in [1.54, 1.807) is 11.8 Å². The average molecular weight is 408 g/mol. The van der Waals surface area contributed by atoms with Crippen LogP contribution in [-0.2, 0) is 5.41 Å². The maximum atomic E-state index is 10.3. The molecule has 3 aromatic carbocycles. The number of benzene rings is 3. The molecule has 0 aliphatic heterocycles. The molecule has 0 amide bonds. The molecule has 0 aliphatic carbocycles. The molecule has 30 heavy (non-hydrogen) atoms. The van der Waals surface area contributed by atoms with Gasteiger partial charge in [-0.15, -0.1) is 12.3 Å². The third-order valence-electron chi connectivity index (χ3n) is 5.06. The monoisotopic (exact) mass is 407 g/mol. The van der Waals surface area contributed by atoms with E-state index in [1.807, 2.05) is 36.4 Å². The van der Waals surface area contributed by atoms with E-state index in [0.29, 0.717) is 12.8 Å². The van der Waals surface area contributed by atoms with Gasteiger partial charge in [0.05, 0.1) is 11.5 Å². The van der Waals surface area contributed by atoms with Gasteiger partial charge in [0.15, 0.2) is 0 Å². The predicted octanol–water partition coefficient (Wildman–Crippen LogP) is 7.42. The largest absolute Gasteiger partial charge is 0.197 e. The summed E-state index contributed by atoms with van der Waals surface area (Å²) in [4.78, 5) is 2.22. The van der Waals surface area contributed by atoms with E-state index in [4.69, 9.17) is 6.42 Å². The van der Waals surface area contributed by atoms with Crippen LogP contribution in [0.2, 0.25) is 0 Å². The van der Waals surface area contributed by atoms with E-state index in [0.717, 1.165) is 26.5 Å². The highest BCUT2D eigenvalue weighted by Gasteiger charge is 2.34. The molecule has 0 aliphatic rings. The Labute approximate surface area is 184 Å². The summed E-state index contributed by atoms with van der Waals surface area (Å²) >= 11 is 1.68. The normalized spacial score (nSPS) is 13.1. The van der Waals surface area contributed by atoms with Crippen LogP contribution in [0.15, 0.2) is 94.2 Å². The van der Waals surface area contributed by atoms with Crippen molar-refractivity contribution < 1.29 is 0 Å². The summed E-state index contributed by atoms with van der Waals surface area (Å²) in [7, 11) is 0. The molecule has 0 saturated carbocycles. The van der Waals surface area contributed by atoms with Gasteiger partial charge in [-0.1, -0.05) is 89.6 Å². The molecule has 3 rings (SSSR count). The summed E-state index contributed by atoms with van der Waals surface area (Å²) in [5.74, 6) is 2.77.